The third-order valence-corrected chi connectivity index (χ3v) is 3.05. The summed E-state index contributed by atoms with van der Waals surface area (Å²) in [6.07, 6.45) is 0. The van der Waals surface area contributed by atoms with E-state index in [0.717, 1.165) is 0 Å². The van der Waals surface area contributed by atoms with Gasteiger partial charge in [-0.05, 0) is 12.1 Å². The van der Waals surface area contributed by atoms with Crippen LogP contribution in [0.2, 0.25) is 5.02 Å². The minimum absolute atomic E-state index is 0.00306. The number of hydrogen-bond acceptors (Lipinski definition) is 6. The largest absolute Gasteiger partial charge is 0.545 e. The lowest BCUT2D eigenvalue weighted by molar-refractivity contribution is -0.255. The maximum atomic E-state index is 14.0. The topological polar surface area (TPSA) is 113 Å². The number of carbonyl (C=O) groups is 1. The highest BCUT2D eigenvalue weighted by atomic mass is 35.5. The van der Waals surface area contributed by atoms with Crippen molar-refractivity contribution in [3.05, 3.63) is 34.1 Å². The molecule has 108 valence electrons. The summed E-state index contributed by atoms with van der Waals surface area (Å²) in [5, 5.41) is 14.5. The van der Waals surface area contributed by atoms with Gasteiger partial charge >= 0.3 is 0 Å². The van der Waals surface area contributed by atoms with Gasteiger partial charge in [0.25, 0.3) is 0 Å². The van der Waals surface area contributed by atoms with Gasteiger partial charge in [-0.3, -0.25) is 0 Å². The van der Waals surface area contributed by atoms with Crippen molar-refractivity contribution in [3.8, 4) is 5.88 Å². The Bertz CT molecular complexity index is 790. The normalized spacial score (nSPS) is 10.2. The Morgan fingerprint density at radius 1 is 1.62 bits per heavy atom. The molecule has 0 saturated carbocycles. The predicted molar refractivity (Wildman–Crippen MR) is 68.6 cm³/mol. The van der Waals surface area contributed by atoms with E-state index >= 15 is 0 Å². The zero-order valence-corrected chi connectivity index (χ0v) is 11.4. The number of nitrogens with zero attached hydrogens (tertiary/aromatic N) is 3. The van der Waals surface area contributed by atoms with Gasteiger partial charge in [-0.15, -0.1) is 0 Å². The second-order valence-corrected chi connectivity index (χ2v) is 4.36. The molecular weight excluding hydrogens is 303 g/mol. The van der Waals surface area contributed by atoms with E-state index in [9.17, 15) is 14.3 Å². The highest BCUT2D eigenvalue weighted by Crippen LogP contribution is 2.30. The molecule has 0 bridgehead atoms. The van der Waals surface area contributed by atoms with Gasteiger partial charge in [0.1, 0.15) is 16.5 Å². The van der Waals surface area contributed by atoms with Crippen LogP contribution in [0.5, 0.6) is 5.88 Å². The van der Waals surface area contributed by atoms with E-state index in [1.807, 2.05) is 0 Å². The van der Waals surface area contributed by atoms with E-state index in [0.29, 0.717) is 0 Å². The number of rotatable bonds is 4. The summed E-state index contributed by atoms with van der Waals surface area (Å²) >= 11 is 5.76. The fourth-order valence-corrected chi connectivity index (χ4v) is 2.10. The second kappa shape index (κ2) is 5.82. The molecule has 1 N–H and O–H groups in total. The molecule has 0 unspecified atom stereocenters. The highest BCUT2D eigenvalue weighted by Gasteiger charge is 2.18. The number of benzene rings is 1. The van der Waals surface area contributed by atoms with Gasteiger partial charge in [0.15, 0.2) is 6.54 Å². The molecule has 1 aromatic heterocycles. The van der Waals surface area contributed by atoms with Crippen LogP contribution in [0.25, 0.3) is 10.9 Å². The van der Waals surface area contributed by atoms with Crippen molar-refractivity contribution in [3.63, 3.8) is 0 Å². The van der Waals surface area contributed by atoms with E-state index in [-0.39, 0.29) is 39.5 Å². The molecule has 0 spiro atoms. The van der Waals surface area contributed by atoms with Crippen molar-refractivity contribution >= 4 is 28.5 Å². The summed E-state index contributed by atoms with van der Waals surface area (Å²) in [7, 11) is 1.23. The molecule has 0 saturated heterocycles. The van der Waals surface area contributed by atoms with Crippen LogP contribution >= 0.6 is 11.6 Å². The van der Waals surface area contributed by atoms with Crippen molar-refractivity contribution in [1.29, 1.82) is 5.53 Å². The molecule has 0 aliphatic carbocycles. The van der Waals surface area contributed by atoms with Gasteiger partial charge < -0.3 is 14.6 Å². The molecule has 0 radical (unpaired) electrons. The Hall–Kier alpha value is -2.57. The Morgan fingerprint density at radius 3 is 2.90 bits per heavy atom. The molecule has 1 heterocycles. The van der Waals surface area contributed by atoms with Crippen LogP contribution in [0.1, 0.15) is 15.9 Å². The lowest BCUT2D eigenvalue weighted by atomic mass is 10.1. The molecule has 2 rings (SSSR count). The number of pyridine rings is 1. The van der Waals surface area contributed by atoms with Crippen molar-refractivity contribution in [1.82, 2.24) is 9.90 Å². The first-order chi connectivity index (χ1) is 9.99. The second-order valence-electron chi connectivity index (χ2n) is 3.95. The number of carboxylic acid groups (broad SMARTS) is 1. The minimum atomic E-state index is -1.48. The van der Waals surface area contributed by atoms with Crippen molar-refractivity contribution in [2.24, 2.45) is 5.11 Å². The molecule has 0 amide bonds. The fraction of sp³-hybridized carbons (Fsp3) is 0.167. The van der Waals surface area contributed by atoms with Crippen molar-refractivity contribution in [2.75, 3.05) is 7.11 Å². The smallest absolute Gasteiger partial charge is 0.222 e. The molecule has 0 atom stereocenters. The van der Waals surface area contributed by atoms with E-state index < -0.39 is 11.8 Å². The molecule has 0 aliphatic rings. The minimum Gasteiger partial charge on any atom is -0.545 e. The maximum Gasteiger partial charge on any atom is 0.222 e. The van der Waals surface area contributed by atoms with Gasteiger partial charge in [0.2, 0.25) is 10.8 Å². The van der Waals surface area contributed by atoms with Gasteiger partial charge in [0, 0.05) is 10.9 Å². The first kappa shape index (κ1) is 14.8. The summed E-state index contributed by atoms with van der Waals surface area (Å²) in [4.78, 5) is 17.8. The Balaban J connectivity index is 2.85. The number of carboxylic acids is 1. The van der Waals surface area contributed by atoms with Gasteiger partial charge in [-0.1, -0.05) is 11.6 Å². The van der Waals surface area contributed by atoms with Crippen molar-refractivity contribution in [2.45, 2.75) is 6.54 Å². The lowest BCUT2D eigenvalue weighted by Crippen LogP contribution is -2.23. The van der Waals surface area contributed by atoms with Gasteiger partial charge in [-0.2, -0.15) is 0 Å². The number of halogens is 2. The monoisotopic (exact) mass is 310 g/mol. The summed E-state index contributed by atoms with van der Waals surface area (Å²) in [6, 6.07) is 2.47. The van der Waals surface area contributed by atoms with E-state index in [2.05, 4.69) is 15.0 Å². The Kier molecular flexibility index (Phi) is 4.11. The third kappa shape index (κ3) is 2.67. The summed E-state index contributed by atoms with van der Waals surface area (Å²) in [6.45, 7) is -0.257. The van der Waals surface area contributed by atoms with Crippen LogP contribution in [-0.2, 0) is 6.54 Å². The van der Waals surface area contributed by atoms with Crippen LogP contribution in [0.3, 0.4) is 0 Å². The van der Waals surface area contributed by atoms with Crippen molar-refractivity contribution < 1.29 is 19.0 Å². The third-order valence-electron chi connectivity index (χ3n) is 2.77. The quantitative estimate of drug-likeness (QED) is 0.680. The molecule has 0 fully saturated rings. The summed E-state index contributed by atoms with van der Waals surface area (Å²) in [5.41, 5.74) is 6.48. The molecule has 1 aromatic carbocycles. The van der Waals surface area contributed by atoms with Crippen LogP contribution in [0, 0.1) is 11.3 Å². The molecule has 21 heavy (non-hydrogen) atoms. The molecule has 9 heteroatoms. The number of methoxy groups -OCH3 is 1. The average molecular weight is 311 g/mol. The highest BCUT2D eigenvalue weighted by molar-refractivity contribution is 6.31. The molecule has 0 aliphatic heterocycles. The van der Waals surface area contributed by atoms with Crippen LogP contribution in [0.15, 0.2) is 17.2 Å². The molecule has 2 aromatic rings. The first-order valence-electron chi connectivity index (χ1n) is 5.59. The predicted octanol–water partition coefficient (Wildman–Crippen LogP) is 1.45. The van der Waals surface area contributed by atoms with E-state index in [1.54, 1.807) is 0 Å². The van der Waals surface area contributed by atoms with Gasteiger partial charge in [-0.25, -0.2) is 9.37 Å². The number of nitrogens with one attached hydrogen (secondary N) is 1. The van der Waals surface area contributed by atoms with E-state index in [4.69, 9.17) is 21.9 Å². The van der Waals surface area contributed by atoms with Crippen LogP contribution in [0.4, 0.5) is 4.39 Å². The number of aromatic carboxylic acids is 1. The van der Waals surface area contributed by atoms with Crippen LogP contribution < -0.4 is 14.8 Å². The maximum absolute atomic E-state index is 14.0. The zero-order valence-electron chi connectivity index (χ0n) is 10.7. The molecule has 7 nitrogen and oxygen atoms in total. The number of fused-ring (bicyclic) bond motifs is 1. The van der Waals surface area contributed by atoms with Gasteiger partial charge in [0.05, 0.1) is 29.2 Å². The summed E-state index contributed by atoms with van der Waals surface area (Å²) in [5.74, 6) is -2.45. The number of carbonyl (C=O) groups excluding carboxylic acids is 1. The first-order valence-corrected chi connectivity index (χ1v) is 5.97. The Labute approximate surface area is 122 Å². The lowest BCUT2D eigenvalue weighted by Gasteiger charge is -2.12. The number of aromatic nitrogens is 1. The molecular formula is C12H8ClFN4O3. The van der Waals surface area contributed by atoms with Crippen LogP contribution in [-0.4, -0.2) is 18.1 Å². The van der Waals surface area contributed by atoms with E-state index in [1.165, 1.54) is 19.2 Å². The fourth-order valence-electron chi connectivity index (χ4n) is 1.86. The SMILES string of the molecule is COc1nc2c(CN=[N+]=N)c(F)c(Cl)cc2cc1C(=O)[O-]. The zero-order chi connectivity index (χ0) is 15.6. The average Bonchev–Trinajstić information content (AvgIpc) is 2.46. The summed E-state index contributed by atoms with van der Waals surface area (Å²) < 4.78 is 18.9. The number of ether oxygens (including phenoxy) is 1. The standard InChI is InChI=1S/C12H8ClFN4O3/c1-21-11-6(12(19)20)2-5-3-8(13)9(14)7(4-16-18-15)10(5)17-11/h2-3,15H,4H2,1H3. The Morgan fingerprint density at radius 2 is 2.33 bits per heavy atom. The number of hydrogen-bond donors (Lipinski definition) is 1.